The van der Waals surface area contributed by atoms with Gasteiger partial charge in [-0.15, -0.1) is 0 Å². The van der Waals surface area contributed by atoms with Gasteiger partial charge in [-0.25, -0.2) is 0 Å². The van der Waals surface area contributed by atoms with E-state index < -0.39 is 0 Å². The normalized spacial score (nSPS) is 12.3. The fourth-order valence-electron chi connectivity index (χ4n) is 2.10. The molecule has 0 aliphatic carbocycles. The molecule has 2 N–H and O–H groups in total. The van der Waals surface area contributed by atoms with Crippen LogP contribution in [0, 0.1) is 6.92 Å². The predicted octanol–water partition coefficient (Wildman–Crippen LogP) is 3.21. The highest BCUT2D eigenvalue weighted by Crippen LogP contribution is 2.24. The minimum absolute atomic E-state index is 0.0900. The Labute approximate surface area is 128 Å². The van der Waals surface area contributed by atoms with Crippen molar-refractivity contribution in [3.05, 3.63) is 63.9 Å². The van der Waals surface area contributed by atoms with Gasteiger partial charge in [-0.05, 0) is 53.0 Å². The van der Waals surface area contributed by atoms with E-state index in [0.29, 0.717) is 0 Å². The van der Waals surface area contributed by atoms with Crippen LogP contribution in [0.3, 0.4) is 0 Å². The van der Waals surface area contributed by atoms with Gasteiger partial charge in [0.2, 0.25) is 0 Å². The molecule has 20 heavy (non-hydrogen) atoms. The number of nitrogens with zero attached hydrogens (tertiary/aromatic N) is 1. The predicted molar refractivity (Wildman–Crippen MR) is 84.7 cm³/mol. The van der Waals surface area contributed by atoms with Gasteiger partial charge in [-0.3, -0.25) is 4.98 Å². The third-order valence-corrected chi connectivity index (χ3v) is 3.59. The molecule has 0 amide bonds. The molecule has 0 saturated carbocycles. The van der Waals surface area contributed by atoms with E-state index in [4.69, 9.17) is 5.11 Å². The molecule has 0 aliphatic rings. The van der Waals surface area contributed by atoms with Crippen LogP contribution >= 0.6 is 15.9 Å². The Morgan fingerprint density at radius 3 is 2.60 bits per heavy atom. The zero-order chi connectivity index (χ0) is 14.4. The van der Waals surface area contributed by atoms with Crippen molar-refractivity contribution < 1.29 is 5.11 Å². The summed E-state index contributed by atoms with van der Waals surface area (Å²) in [7, 11) is 0. The second-order valence-electron chi connectivity index (χ2n) is 4.81. The Morgan fingerprint density at radius 1 is 1.20 bits per heavy atom. The van der Waals surface area contributed by atoms with E-state index >= 15 is 0 Å². The van der Waals surface area contributed by atoms with Crippen molar-refractivity contribution >= 4 is 15.9 Å². The Balaban J connectivity index is 2.26. The first-order valence-corrected chi connectivity index (χ1v) is 7.51. The lowest BCUT2D eigenvalue weighted by Crippen LogP contribution is -2.24. The molecular formula is C16H19BrN2O. The smallest absolute Gasteiger partial charge is 0.0592 e. The molecule has 0 saturated heterocycles. The summed E-state index contributed by atoms with van der Waals surface area (Å²) in [6.45, 7) is 3.05. The van der Waals surface area contributed by atoms with E-state index in [1.54, 1.807) is 6.20 Å². The minimum Gasteiger partial charge on any atom is -0.396 e. The van der Waals surface area contributed by atoms with Gasteiger partial charge >= 0.3 is 0 Å². The van der Waals surface area contributed by atoms with E-state index in [1.807, 2.05) is 6.20 Å². The van der Waals surface area contributed by atoms with E-state index in [9.17, 15) is 0 Å². The van der Waals surface area contributed by atoms with Gasteiger partial charge in [-0.1, -0.05) is 29.8 Å². The molecule has 0 aliphatic heterocycles. The second-order valence-corrected chi connectivity index (χ2v) is 5.73. The average molecular weight is 335 g/mol. The summed E-state index contributed by atoms with van der Waals surface area (Å²) in [4.78, 5) is 4.24. The fourth-order valence-corrected chi connectivity index (χ4v) is 2.48. The van der Waals surface area contributed by atoms with Gasteiger partial charge in [0.15, 0.2) is 0 Å². The fraction of sp³-hybridized carbons (Fsp3) is 0.312. The molecule has 1 unspecified atom stereocenters. The van der Waals surface area contributed by atoms with Gasteiger partial charge in [0.25, 0.3) is 0 Å². The van der Waals surface area contributed by atoms with Crippen molar-refractivity contribution in [1.82, 2.24) is 10.3 Å². The largest absolute Gasteiger partial charge is 0.396 e. The molecule has 1 atom stereocenters. The quantitative estimate of drug-likeness (QED) is 0.797. The molecule has 3 nitrogen and oxygen atoms in total. The van der Waals surface area contributed by atoms with Crippen molar-refractivity contribution in [3.8, 4) is 0 Å². The molecule has 1 heterocycles. The van der Waals surface area contributed by atoms with Crippen molar-refractivity contribution in [3.63, 3.8) is 0 Å². The van der Waals surface area contributed by atoms with Crippen LogP contribution < -0.4 is 5.32 Å². The molecule has 106 valence electrons. The molecular weight excluding hydrogens is 316 g/mol. The molecule has 0 fully saturated rings. The molecule has 4 heteroatoms. The van der Waals surface area contributed by atoms with Crippen molar-refractivity contribution in [1.29, 1.82) is 0 Å². The number of nitrogens with one attached hydrogen (secondary N) is 1. The van der Waals surface area contributed by atoms with Crippen molar-refractivity contribution in [2.45, 2.75) is 19.4 Å². The highest BCUT2D eigenvalue weighted by Gasteiger charge is 2.14. The van der Waals surface area contributed by atoms with Crippen molar-refractivity contribution in [2.75, 3.05) is 13.2 Å². The number of aryl methyl sites for hydroxylation is 1. The SMILES string of the molecule is Cc1ccc(C(NCCCO)c2cncc(Br)c2)cc1. The van der Waals surface area contributed by atoms with Gasteiger partial charge in [0.05, 0.1) is 6.04 Å². The van der Waals surface area contributed by atoms with E-state index in [-0.39, 0.29) is 12.6 Å². The number of hydrogen-bond acceptors (Lipinski definition) is 3. The summed E-state index contributed by atoms with van der Waals surface area (Å²) in [5.74, 6) is 0. The number of halogens is 1. The Morgan fingerprint density at radius 2 is 1.95 bits per heavy atom. The van der Waals surface area contributed by atoms with Gasteiger partial charge in [0, 0.05) is 23.5 Å². The Kier molecular flexibility index (Phi) is 5.71. The van der Waals surface area contributed by atoms with E-state index in [2.05, 4.69) is 63.5 Å². The van der Waals surface area contributed by atoms with Crippen LogP contribution in [0.25, 0.3) is 0 Å². The maximum Gasteiger partial charge on any atom is 0.0592 e. The van der Waals surface area contributed by atoms with E-state index in [0.717, 1.165) is 23.0 Å². The lowest BCUT2D eigenvalue weighted by Gasteiger charge is -2.20. The number of hydrogen-bond donors (Lipinski definition) is 2. The highest BCUT2D eigenvalue weighted by molar-refractivity contribution is 9.10. The summed E-state index contributed by atoms with van der Waals surface area (Å²) < 4.78 is 0.969. The standard InChI is InChI=1S/C16H19BrN2O/c1-12-3-5-13(6-4-12)16(19-7-2-8-20)14-9-15(17)11-18-10-14/h3-6,9-11,16,19-20H,2,7-8H2,1H3. The Bertz CT molecular complexity index is 542. The molecule has 2 rings (SSSR count). The van der Waals surface area contributed by atoms with Gasteiger partial charge in [0.1, 0.15) is 0 Å². The van der Waals surface area contributed by atoms with Crippen LogP contribution in [0.15, 0.2) is 47.2 Å². The number of aromatic nitrogens is 1. The Hall–Kier alpha value is -1.23. The van der Waals surface area contributed by atoms with Gasteiger partial charge < -0.3 is 10.4 Å². The van der Waals surface area contributed by atoms with Crippen LogP contribution in [0.4, 0.5) is 0 Å². The maximum absolute atomic E-state index is 8.94. The average Bonchev–Trinajstić information content (AvgIpc) is 2.45. The third kappa shape index (κ3) is 4.13. The third-order valence-electron chi connectivity index (χ3n) is 3.15. The number of aliphatic hydroxyl groups excluding tert-OH is 1. The monoisotopic (exact) mass is 334 g/mol. The van der Waals surface area contributed by atoms with Crippen LogP contribution in [0.5, 0.6) is 0 Å². The van der Waals surface area contributed by atoms with Crippen LogP contribution in [-0.2, 0) is 0 Å². The molecule has 2 aromatic rings. The molecule has 1 aromatic heterocycles. The highest BCUT2D eigenvalue weighted by atomic mass is 79.9. The minimum atomic E-state index is 0.0900. The summed E-state index contributed by atoms with van der Waals surface area (Å²) in [6.07, 6.45) is 4.40. The number of pyridine rings is 1. The van der Waals surface area contributed by atoms with Crippen LogP contribution in [0.2, 0.25) is 0 Å². The number of rotatable bonds is 6. The summed E-state index contributed by atoms with van der Waals surface area (Å²) in [5.41, 5.74) is 3.56. The molecule has 0 spiro atoms. The lowest BCUT2D eigenvalue weighted by atomic mass is 9.99. The number of aliphatic hydroxyl groups is 1. The van der Waals surface area contributed by atoms with Crippen LogP contribution in [0.1, 0.15) is 29.2 Å². The van der Waals surface area contributed by atoms with E-state index in [1.165, 1.54) is 11.1 Å². The summed E-state index contributed by atoms with van der Waals surface area (Å²) >= 11 is 3.47. The van der Waals surface area contributed by atoms with Gasteiger partial charge in [-0.2, -0.15) is 0 Å². The van der Waals surface area contributed by atoms with Crippen LogP contribution in [-0.4, -0.2) is 23.2 Å². The molecule has 0 radical (unpaired) electrons. The maximum atomic E-state index is 8.94. The molecule has 1 aromatic carbocycles. The lowest BCUT2D eigenvalue weighted by molar-refractivity contribution is 0.284. The summed E-state index contributed by atoms with van der Waals surface area (Å²) in [6, 6.07) is 10.7. The summed E-state index contributed by atoms with van der Waals surface area (Å²) in [5, 5.41) is 12.4. The number of benzene rings is 1. The first kappa shape index (κ1) is 15.2. The zero-order valence-electron chi connectivity index (χ0n) is 11.5. The van der Waals surface area contributed by atoms with Crippen molar-refractivity contribution in [2.24, 2.45) is 0 Å². The topological polar surface area (TPSA) is 45.1 Å². The molecule has 0 bridgehead atoms. The first-order chi connectivity index (χ1) is 9.70. The first-order valence-electron chi connectivity index (χ1n) is 6.72. The second kappa shape index (κ2) is 7.53. The zero-order valence-corrected chi connectivity index (χ0v) is 13.1.